The SMILES string of the molecule is CCOc1cc(/C=C(/C#N)C(=O)Nc2cccc(C(F)(F)F)c2)cc(I)c1OCC(=O)OC. The van der Waals surface area contributed by atoms with Crippen LogP contribution in [0.1, 0.15) is 18.1 Å². The van der Waals surface area contributed by atoms with E-state index >= 15 is 0 Å². The smallest absolute Gasteiger partial charge is 0.416 e. The van der Waals surface area contributed by atoms with Gasteiger partial charge in [0.15, 0.2) is 18.1 Å². The number of hydrogen-bond acceptors (Lipinski definition) is 6. The molecule has 1 amide bonds. The molecule has 0 aliphatic heterocycles. The van der Waals surface area contributed by atoms with E-state index in [2.05, 4.69) is 10.1 Å². The summed E-state index contributed by atoms with van der Waals surface area (Å²) in [5.74, 6) is -0.909. The Morgan fingerprint density at radius 1 is 1.21 bits per heavy atom. The molecule has 2 rings (SSSR count). The normalized spacial score (nSPS) is 11.4. The highest BCUT2D eigenvalue weighted by atomic mass is 127. The quantitative estimate of drug-likeness (QED) is 0.211. The van der Waals surface area contributed by atoms with Crippen LogP contribution in [0.2, 0.25) is 0 Å². The number of esters is 1. The number of amides is 1. The Labute approximate surface area is 201 Å². The van der Waals surface area contributed by atoms with Gasteiger partial charge in [-0.25, -0.2) is 4.79 Å². The van der Waals surface area contributed by atoms with Crippen LogP contribution in [-0.2, 0) is 20.5 Å². The molecule has 0 radical (unpaired) electrons. The largest absolute Gasteiger partial charge is 0.490 e. The summed E-state index contributed by atoms with van der Waals surface area (Å²) in [6.45, 7) is 1.67. The average Bonchev–Trinajstić information content (AvgIpc) is 2.76. The highest BCUT2D eigenvalue weighted by molar-refractivity contribution is 14.1. The molecule has 33 heavy (non-hydrogen) atoms. The lowest BCUT2D eigenvalue weighted by molar-refractivity contribution is -0.143. The van der Waals surface area contributed by atoms with Gasteiger partial charge < -0.3 is 19.5 Å². The molecule has 0 aliphatic rings. The minimum Gasteiger partial charge on any atom is -0.490 e. The summed E-state index contributed by atoms with van der Waals surface area (Å²) < 4.78 is 54.7. The number of rotatable bonds is 8. The van der Waals surface area contributed by atoms with Crippen molar-refractivity contribution in [3.05, 3.63) is 56.7 Å². The fourth-order valence-electron chi connectivity index (χ4n) is 2.55. The lowest BCUT2D eigenvalue weighted by Gasteiger charge is -2.14. The van der Waals surface area contributed by atoms with E-state index in [1.54, 1.807) is 19.1 Å². The Morgan fingerprint density at radius 2 is 1.94 bits per heavy atom. The van der Waals surface area contributed by atoms with Crippen LogP contribution >= 0.6 is 22.6 Å². The van der Waals surface area contributed by atoms with Gasteiger partial charge in [-0.2, -0.15) is 18.4 Å². The summed E-state index contributed by atoms with van der Waals surface area (Å²) in [5.41, 5.74) is -0.966. The topological polar surface area (TPSA) is 97.6 Å². The van der Waals surface area contributed by atoms with E-state index in [4.69, 9.17) is 9.47 Å². The van der Waals surface area contributed by atoms with Crippen LogP contribution in [0.25, 0.3) is 6.08 Å². The molecular weight excluding hydrogens is 556 g/mol. The van der Waals surface area contributed by atoms with Gasteiger partial charge in [0.2, 0.25) is 0 Å². The minimum absolute atomic E-state index is 0.105. The third-order valence-corrected chi connectivity index (χ3v) is 4.82. The first kappa shape index (κ1) is 26.0. The van der Waals surface area contributed by atoms with E-state index in [-0.39, 0.29) is 36.0 Å². The molecule has 0 heterocycles. The maximum atomic E-state index is 12.9. The molecule has 7 nitrogen and oxygen atoms in total. The maximum Gasteiger partial charge on any atom is 0.416 e. The number of carbonyl (C=O) groups is 2. The van der Waals surface area contributed by atoms with Crippen LogP contribution in [0.4, 0.5) is 18.9 Å². The molecule has 0 aliphatic carbocycles. The van der Waals surface area contributed by atoms with Gasteiger partial charge in [0, 0.05) is 5.69 Å². The van der Waals surface area contributed by atoms with Gasteiger partial charge in [-0.3, -0.25) is 4.79 Å². The van der Waals surface area contributed by atoms with Crippen LogP contribution < -0.4 is 14.8 Å². The summed E-state index contributed by atoms with van der Waals surface area (Å²) >= 11 is 1.94. The van der Waals surface area contributed by atoms with E-state index in [1.165, 1.54) is 25.3 Å². The molecule has 0 aromatic heterocycles. The molecule has 1 N–H and O–H groups in total. The van der Waals surface area contributed by atoms with Crippen molar-refractivity contribution in [3.8, 4) is 17.6 Å². The highest BCUT2D eigenvalue weighted by Gasteiger charge is 2.30. The fourth-order valence-corrected chi connectivity index (χ4v) is 3.33. The zero-order chi connectivity index (χ0) is 24.6. The van der Waals surface area contributed by atoms with E-state index in [0.29, 0.717) is 9.13 Å². The molecule has 0 bridgehead atoms. The van der Waals surface area contributed by atoms with Gasteiger partial charge >= 0.3 is 12.1 Å². The molecule has 174 valence electrons. The van der Waals surface area contributed by atoms with Crippen molar-refractivity contribution in [2.45, 2.75) is 13.1 Å². The Balaban J connectivity index is 2.32. The molecular formula is C22H18F3IN2O5. The average molecular weight is 574 g/mol. The zero-order valence-electron chi connectivity index (χ0n) is 17.5. The predicted octanol–water partition coefficient (Wildman–Crippen LogP) is 4.81. The Morgan fingerprint density at radius 3 is 2.55 bits per heavy atom. The Bertz CT molecular complexity index is 1110. The third kappa shape index (κ3) is 7.38. The van der Waals surface area contributed by atoms with Crippen molar-refractivity contribution < 1.29 is 37.0 Å². The van der Waals surface area contributed by atoms with E-state index in [1.807, 2.05) is 22.6 Å². The number of nitrogens with one attached hydrogen (secondary N) is 1. The maximum absolute atomic E-state index is 12.9. The standard InChI is InChI=1S/C22H18F3IN2O5/c1-3-32-18-9-13(8-17(26)20(18)33-12-19(29)31-2)7-14(11-27)21(30)28-16-6-4-5-15(10-16)22(23,24)25/h4-10H,3,12H2,1-2H3,(H,28,30)/b14-7-. The summed E-state index contributed by atoms with van der Waals surface area (Å²) in [6.07, 6.45) is -3.31. The summed E-state index contributed by atoms with van der Waals surface area (Å²) in [4.78, 5) is 23.9. The molecule has 2 aromatic rings. The molecule has 0 unspecified atom stereocenters. The second-order valence-corrected chi connectivity index (χ2v) is 7.49. The zero-order valence-corrected chi connectivity index (χ0v) is 19.6. The summed E-state index contributed by atoms with van der Waals surface area (Å²) in [6, 6.07) is 8.92. The number of nitriles is 1. The van der Waals surface area contributed by atoms with Crippen molar-refractivity contribution >= 4 is 46.2 Å². The first-order valence-electron chi connectivity index (χ1n) is 9.35. The summed E-state index contributed by atoms with van der Waals surface area (Å²) in [7, 11) is 1.22. The van der Waals surface area contributed by atoms with Gasteiger partial charge in [0.05, 0.1) is 22.9 Å². The molecule has 11 heteroatoms. The lowest BCUT2D eigenvalue weighted by Crippen LogP contribution is -2.15. The van der Waals surface area contributed by atoms with Crippen molar-refractivity contribution in [1.29, 1.82) is 5.26 Å². The third-order valence-electron chi connectivity index (χ3n) is 4.02. The van der Waals surface area contributed by atoms with Crippen molar-refractivity contribution in [3.63, 3.8) is 0 Å². The number of alkyl halides is 3. The van der Waals surface area contributed by atoms with Gasteiger partial charge in [-0.05, 0) is 71.5 Å². The number of benzene rings is 2. The number of anilines is 1. The van der Waals surface area contributed by atoms with Crippen molar-refractivity contribution in [2.24, 2.45) is 0 Å². The van der Waals surface area contributed by atoms with Gasteiger partial charge in [0.1, 0.15) is 11.6 Å². The fraction of sp³-hybridized carbons (Fsp3) is 0.227. The molecule has 0 saturated heterocycles. The van der Waals surface area contributed by atoms with Crippen LogP contribution in [0.15, 0.2) is 42.0 Å². The van der Waals surface area contributed by atoms with Gasteiger partial charge in [-0.15, -0.1) is 0 Å². The second kappa shape index (κ2) is 11.6. The van der Waals surface area contributed by atoms with Crippen molar-refractivity contribution in [1.82, 2.24) is 0 Å². The van der Waals surface area contributed by atoms with Crippen LogP contribution in [0.3, 0.4) is 0 Å². The molecule has 0 fully saturated rings. The molecule has 2 aromatic carbocycles. The van der Waals surface area contributed by atoms with E-state index in [0.717, 1.165) is 18.2 Å². The number of methoxy groups -OCH3 is 1. The van der Waals surface area contributed by atoms with Crippen molar-refractivity contribution in [2.75, 3.05) is 25.6 Å². The summed E-state index contributed by atoms with van der Waals surface area (Å²) in [5, 5.41) is 11.7. The van der Waals surface area contributed by atoms with Crippen LogP contribution in [-0.4, -0.2) is 32.2 Å². The highest BCUT2D eigenvalue weighted by Crippen LogP contribution is 2.35. The Kier molecular flexibility index (Phi) is 9.10. The first-order valence-corrected chi connectivity index (χ1v) is 10.4. The number of hydrogen-bond donors (Lipinski definition) is 1. The minimum atomic E-state index is -4.57. The monoisotopic (exact) mass is 574 g/mol. The molecule has 0 atom stereocenters. The molecule has 0 saturated carbocycles. The van der Waals surface area contributed by atoms with Gasteiger partial charge in [0.25, 0.3) is 5.91 Å². The number of halogens is 4. The predicted molar refractivity (Wildman–Crippen MR) is 122 cm³/mol. The van der Waals surface area contributed by atoms with Gasteiger partial charge in [-0.1, -0.05) is 6.07 Å². The molecule has 0 spiro atoms. The van der Waals surface area contributed by atoms with E-state index in [9.17, 15) is 28.0 Å². The number of nitrogens with zero attached hydrogens (tertiary/aromatic N) is 1. The first-order chi connectivity index (χ1) is 15.6. The lowest BCUT2D eigenvalue weighted by atomic mass is 10.1. The number of carbonyl (C=O) groups excluding carboxylic acids is 2. The van der Waals surface area contributed by atoms with Crippen LogP contribution in [0.5, 0.6) is 11.5 Å². The van der Waals surface area contributed by atoms with E-state index < -0.39 is 23.6 Å². The Hall–Kier alpha value is -3.27. The number of ether oxygens (including phenoxy) is 3. The second-order valence-electron chi connectivity index (χ2n) is 6.33. The van der Waals surface area contributed by atoms with Crippen LogP contribution in [0, 0.1) is 14.9 Å².